The summed E-state index contributed by atoms with van der Waals surface area (Å²) in [7, 11) is 1.60. The van der Waals surface area contributed by atoms with Crippen molar-refractivity contribution in [2.75, 3.05) is 7.11 Å². The van der Waals surface area contributed by atoms with Gasteiger partial charge >= 0.3 is 6.11 Å². The van der Waals surface area contributed by atoms with Crippen LogP contribution in [0.3, 0.4) is 0 Å². The first-order valence-electron chi connectivity index (χ1n) is 9.35. The summed E-state index contributed by atoms with van der Waals surface area (Å²) >= 11 is 0. The molecule has 2 aliphatic rings. The van der Waals surface area contributed by atoms with Crippen LogP contribution in [-0.4, -0.2) is 13.2 Å². The largest absolute Gasteiger partial charge is 0.496 e. The van der Waals surface area contributed by atoms with Gasteiger partial charge in [-0.1, -0.05) is 31.6 Å². The maximum atomic E-state index is 14.7. The highest BCUT2D eigenvalue weighted by molar-refractivity contribution is 5.54. The van der Waals surface area contributed by atoms with Crippen molar-refractivity contribution in [1.29, 1.82) is 0 Å². The van der Waals surface area contributed by atoms with Crippen molar-refractivity contribution in [2.45, 2.75) is 58.0 Å². The molecule has 3 rings (SSSR count). The Balaban J connectivity index is 2.10. The van der Waals surface area contributed by atoms with Crippen LogP contribution in [0.2, 0.25) is 0 Å². The number of methoxy groups -OCH3 is 1. The molecular formula is C22H28F2O2. The van der Waals surface area contributed by atoms with Crippen LogP contribution in [0.5, 0.6) is 11.5 Å². The van der Waals surface area contributed by atoms with Crippen molar-refractivity contribution in [3.05, 3.63) is 47.6 Å². The molecule has 1 aromatic rings. The van der Waals surface area contributed by atoms with Crippen molar-refractivity contribution in [3.63, 3.8) is 0 Å². The molecule has 4 heteroatoms. The van der Waals surface area contributed by atoms with Gasteiger partial charge in [0.05, 0.1) is 13.0 Å². The van der Waals surface area contributed by atoms with Gasteiger partial charge in [-0.2, -0.15) is 8.78 Å². The molecule has 4 unspecified atom stereocenters. The number of rotatable bonds is 5. The molecule has 26 heavy (non-hydrogen) atoms. The third kappa shape index (κ3) is 3.26. The Kier molecular flexibility index (Phi) is 5.14. The quantitative estimate of drug-likeness (QED) is 0.561. The first-order valence-corrected chi connectivity index (χ1v) is 9.35. The van der Waals surface area contributed by atoms with Crippen LogP contribution in [0, 0.1) is 11.8 Å². The topological polar surface area (TPSA) is 18.5 Å². The third-order valence-electron chi connectivity index (χ3n) is 6.02. The van der Waals surface area contributed by atoms with E-state index in [1.54, 1.807) is 13.2 Å². The molecule has 1 aliphatic carbocycles. The summed E-state index contributed by atoms with van der Waals surface area (Å²) in [5, 5.41) is 0. The van der Waals surface area contributed by atoms with Crippen molar-refractivity contribution in [1.82, 2.24) is 0 Å². The molecule has 0 bridgehead atoms. The van der Waals surface area contributed by atoms with E-state index in [-0.39, 0.29) is 17.6 Å². The molecule has 1 aliphatic heterocycles. The molecule has 0 fully saturated rings. The molecular weight excluding hydrogens is 334 g/mol. The standard InChI is InChI=1S/C22H28F2O2/c1-6-7-14(3)15(4)16-11-19(25-5)21-17-10-13(2)8-9-18(17)22(23,24)26-20(21)12-16/h6,10-12,14-15,17-18H,1,7-9H2,2-5H3. The number of fused-ring (bicyclic) bond motifs is 3. The maximum Gasteiger partial charge on any atom is 0.401 e. The van der Waals surface area contributed by atoms with Gasteiger partial charge in [-0.05, 0) is 55.7 Å². The first kappa shape index (κ1) is 18.9. The van der Waals surface area contributed by atoms with Crippen molar-refractivity contribution in [3.8, 4) is 11.5 Å². The molecule has 0 amide bonds. The van der Waals surface area contributed by atoms with Gasteiger partial charge in [0.2, 0.25) is 0 Å². The van der Waals surface area contributed by atoms with Gasteiger partial charge in [-0.3, -0.25) is 0 Å². The molecule has 2 nitrogen and oxygen atoms in total. The highest BCUT2D eigenvalue weighted by Crippen LogP contribution is 2.55. The van der Waals surface area contributed by atoms with E-state index < -0.39 is 12.0 Å². The fraction of sp³-hybridized carbons (Fsp3) is 0.545. The van der Waals surface area contributed by atoms with Gasteiger partial charge in [0.25, 0.3) is 0 Å². The highest BCUT2D eigenvalue weighted by atomic mass is 19.3. The Hall–Kier alpha value is -1.84. The van der Waals surface area contributed by atoms with Gasteiger partial charge in [0, 0.05) is 11.5 Å². The van der Waals surface area contributed by atoms with Gasteiger partial charge in [0.1, 0.15) is 11.5 Å². The van der Waals surface area contributed by atoms with Crippen LogP contribution in [0.25, 0.3) is 0 Å². The Labute approximate surface area is 154 Å². The lowest BCUT2D eigenvalue weighted by Crippen LogP contribution is -2.43. The Morgan fingerprint density at radius 3 is 2.77 bits per heavy atom. The van der Waals surface area contributed by atoms with E-state index >= 15 is 0 Å². The fourth-order valence-corrected chi connectivity index (χ4v) is 4.21. The molecule has 0 N–H and O–H groups in total. The van der Waals surface area contributed by atoms with E-state index in [0.29, 0.717) is 24.5 Å². The zero-order chi connectivity index (χ0) is 19.1. The van der Waals surface area contributed by atoms with Crippen LogP contribution in [0.1, 0.15) is 63.0 Å². The lowest BCUT2D eigenvalue weighted by Gasteiger charge is -2.41. The number of hydrogen-bond acceptors (Lipinski definition) is 2. The Morgan fingerprint density at radius 2 is 2.12 bits per heavy atom. The molecule has 1 heterocycles. The predicted octanol–water partition coefficient (Wildman–Crippen LogP) is 6.44. The van der Waals surface area contributed by atoms with Crippen molar-refractivity contribution < 1.29 is 18.3 Å². The average molecular weight is 362 g/mol. The second-order valence-electron chi connectivity index (χ2n) is 7.77. The first-order chi connectivity index (χ1) is 12.3. The van der Waals surface area contributed by atoms with E-state index in [9.17, 15) is 8.78 Å². The minimum atomic E-state index is -3.16. The number of allylic oxidation sites excluding steroid dienone is 3. The monoisotopic (exact) mass is 362 g/mol. The van der Waals surface area contributed by atoms with Gasteiger partial charge in [-0.15, -0.1) is 6.58 Å². The third-order valence-corrected chi connectivity index (χ3v) is 6.02. The summed E-state index contributed by atoms with van der Waals surface area (Å²) in [6.07, 6.45) is 2.68. The zero-order valence-corrected chi connectivity index (χ0v) is 16.0. The summed E-state index contributed by atoms with van der Waals surface area (Å²) in [6.45, 7) is 10.0. The molecule has 4 atom stereocenters. The minimum Gasteiger partial charge on any atom is -0.496 e. The molecule has 0 saturated heterocycles. The summed E-state index contributed by atoms with van der Waals surface area (Å²) in [5.41, 5.74) is 2.87. The molecule has 0 saturated carbocycles. The smallest absolute Gasteiger partial charge is 0.401 e. The second-order valence-corrected chi connectivity index (χ2v) is 7.77. The number of ether oxygens (including phenoxy) is 2. The predicted molar refractivity (Wildman–Crippen MR) is 100 cm³/mol. The van der Waals surface area contributed by atoms with Gasteiger partial charge in [0.15, 0.2) is 0 Å². The van der Waals surface area contributed by atoms with Gasteiger partial charge in [-0.25, -0.2) is 0 Å². The maximum absolute atomic E-state index is 14.7. The Morgan fingerprint density at radius 1 is 1.38 bits per heavy atom. The normalized spacial score (nSPS) is 25.8. The van der Waals surface area contributed by atoms with Crippen LogP contribution >= 0.6 is 0 Å². The summed E-state index contributed by atoms with van der Waals surface area (Å²) in [5.74, 6) is 0.235. The Bertz CT molecular complexity index is 723. The molecule has 0 radical (unpaired) electrons. The van der Waals surface area contributed by atoms with Crippen LogP contribution in [0.4, 0.5) is 8.78 Å². The summed E-state index contributed by atoms with van der Waals surface area (Å²) in [4.78, 5) is 0. The average Bonchev–Trinajstić information content (AvgIpc) is 2.59. The van der Waals surface area contributed by atoms with E-state index in [2.05, 4.69) is 20.4 Å². The van der Waals surface area contributed by atoms with Crippen molar-refractivity contribution in [2.24, 2.45) is 11.8 Å². The number of alkyl halides is 2. The van der Waals surface area contributed by atoms with E-state index in [4.69, 9.17) is 9.47 Å². The highest BCUT2D eigenvalue weighted by Gasteiger charge is 2.52. The number of benzene rings is 1. The molecule has 1 aromatic carbocycles. The van der Waals surface area contributed by atoms with Crippen LogP contribution in [-0.2, 0) is 0 Å². The van der Waals surface area contributed by atoms with E-state index in [1.807, 2.05) is 25.1 Å². The summed E-state index contributed by atoms with van der Waals surface area (Å²) in [6, 6.07) is 3.77. The minimum absolute atomic E-state index is 0.186. The van der Waals surface area contributed by atoms with Gasteiger partial charge < -0.3 is 9.47 Å². The second kappa shape index (κ2) is 7.05. The van der Waals surface area contributed by atoms with Crippen LogP contribution in [0.15, 0.2) is 36.4 Å². The number of halogens is 2. The van der Waals surface area contributed by atoms with E-state index in [1.165, 1.54) is 0 Å². The van der Waals surface area contributed by atoms with E-state index in [0.717, 1.165) is 23.1 Å². The SMILES string of the molecule is C=CCC(C)C(C)c1cc(OC)c2c(c1)OC(F)(F)C1CCC(C)=CC21. The molecule has 0 spiro atoms. The zero-order valence-electron chi connectivity index (χ0n) is 16.0. The molecule has 0 aromatic heterocycles. The lowest BCUT2D eigenvalue weighted by molar-refractivity contribution is -0.229. The molecule has 142 valence electrons. The van der Waals surface area contributed by atoms with Crippen molar-refractivity contribution >= 4 is 0 Å². The van der Waals surface area contributed by atoms with Crippen LogP contribution < -0.4 is 9.47 Å². The number of hydrogen-bond donors (Lipinski definition) is 0. The lowest BCUT2D eigenvalue weighted by atomic mass is 9.74. The summed E-state index contributed by atoms with van der Waals surface area (Å²) < 4.78 is 40.2. The fourth-order valence-electron chi connectivity index (χ4n) is 4.21.